The molecule has 1 aromatic rings. The number of rotatable bonds is 4. The molecule has 86 valence electrons. The predicted molar refractivity (Wildman–Crippen MR) is 66.0 cm³/mol. The van der Waals surface area contributed by atoms with E-state index in [0.717, 1.165) is 12.0 Å². The molecule has 0 aliphatic rings. The van der Waals surface area contributed by atoms with Crippen LogP contribution in [0, 0.1) is 0 Å². The second-order valence-electron chi connectivity index (χ2n) is 3.56. The third-order valence-corrected chi connectivity index (χ3v) is 2.22. The zero-order chi connectivity index (χ0) is 11.8. The van der Waals surface area contributed by atoms with Gasteiger partial charge in [0, 0.05) is 6.20 Å². The number of urea groups is 1. The minimum absolute atomic E-state index is 0.0104. The maximum absolute atomic E-state index is 11.4. The first kappa shape index (κ1) is 12.3. The molecule has 0 aliphatic carbocycles. The van der Waals surface area contributed by atoms with Crippen molar-refractivity contribution >= 4 is 6.03 Å². The van der Waals surface area contributed by atoms with Gasteiger partial charge in [-0.3, -0.25) is 0 Å². The van der Waals surface area contributed by atoms with Gasteiger partial charge in [0.15, 0.2) is 0 Å². The van der Waals surface area contributed by atoms with Crippen LogP contribution in [0.3, 0.4) is 0 Å². The highest BCUT2D eigenvalue weighted by molar-refractivity contribution is 5.75. The SMILES string of the molecule is CC/C=C/NC(=O)NC(C)c1ccccc1. The average molecular weight is 218 g/mol. The fourth-order valence-electron chi connectivity index (χ4n) is 1.32. The van der Waals surface area contributed by atoms with Gasteiger partial charge < -0.3 is 10.6 Å². The summed E-state index contributed by atoms with van der Waals surface area (Å²) in [6.45, 7) is 3.97. The van der Waals surface area contributed by atoms with Gasteiger partial charge in [0.2, 0.25) is 0 Å². The van der Waals surface area contributed by atoms with Crippen molar-refractivity contribution in [1.82, 2.24) is 10.6 Å². The lowest BCUT2D eigenvalue weighted by Gasteiger charge is -2.13. The lowest BCUT2D eigenvalue weighted by Crippen LogP contribution is -2.34. The van der Waals surface area contributed by atoms with Crippen molar-refractivity contribution in [2.75, 3.05) is 0 Å². The molecule has 1 unspecified atom stereocenters. The summed E-state index contributed by atoms with van der Waals surface area (Å²) in [6.07, 6.45) is 4.47. The molecule has 0 spiro atoms. The number of carbonyl (C=O) groups excluding carboxylic acids is 1. The fraction of sp³-hybridized carbons (Fsp3) is 0.308. The number of nitrogens with one attached hydrogen (secondary N) is 2. The standard InChI is InChI=1S/C13H18N2O/c1-3-4-10-14-13(16)15-11(2)12-8-6-5-7-9-12/h4-11H,3H2,1-2H3,(H2,14,15,16)/b10-4+. The third-order valence-electron chi connectivity index (χ3n) is 2.22. The van der Waals surface area contributed by atoms with E-state index in [1.54, 1.807) is 6.20 Å². The summed E-state index contributed by atoms with van der Waals surface area (Å²) < 4.78 is 0. The number of hydrogen-bond acceptors (Lipinski definition) is 1. The van der Waals surface area contributed by atoms with Crippen LogP contribution in [0.15, 0.2) is 42.6 Å². The summed E-state index contributed by atoms with van der Waals surface area (Å²) in [5, 5.41) is 5.51. The van der Waals surface area contributed by atoms with Crippen molar-refractivity contribution in [2.24, 2.45) is 0 Å². The van der Waals surface area contributed by atoms with E-state index in [4.69, 9.17) is 0 Å². The number of hydrogen-bond donors (Lipinski definition) is 2. The van der Waals surface area contributed by atoms with E-state index in [9.17, 15) is 4.79 Å². The number of allylic oxidation sites excluding steroid dienone is 1. The van der Waals surface area contributed by atoms with E-state index in [2.05, 4.69) is 10.6 Å². The Morgan fingerprint density at radius 2 is 2.06 bits per heavy atom. The molecular formula is C13H18N2O. The molecule has 16 heavy (non-hydrogen) atoms. The molecule has 2 N–H and O–H groups in total. The molecule has 0 saturated heterocycles. The number of benzene rings is 1. The van der Waals surface area contributed by atoms with Gasteiger partial charge in [0.1, 0.15) is 0 Å². The van der Waals surface area contributed by atoms with Crippen LogP contribution in [-0.2, 0) is 0 Å². The van der Waals surface area contributed by atoms with Crippen molar-refractivity contribution in [2.45, 2.75) is 26.3 Å². The molecule has 0 aromatic heterocycles. The zero-order valence-corrected chi connectivity index (χ0v) is 9.73. The van der Waals surface area contributed by atoms with E-state index < -0.39 is 0 Å². The smallest absolute Gasteiger partial charge is 0.319 e. The van der Waals surface area contributed by atoms with Crippen LogP contribution in [0.4, 0.5) is 4.79 Å². The number of amides is 2. The van der Waals surface area contributed by atoms with Gasteiger partial charge in [-0.2, -0.15) is 0 Å². The molecule has 3 nitrogen and oxygen atoms in total. The lowest BCUT2D eigenvalue weighted by molar-refractivity contribution is 0.241. The Bertz CT molecular complexity index is 346. The molecule has 0 bridgehead atoms. The molecule has 3 heteroatoms. The van der Waals surface area contributed by atoms with Crippen molar-refractivity contribution in [3.05, 3.63) is 48.2 Å². The summed E-state index contributed by atoms with van der Waals surface area (Å²) in [5.41, 5.74) is 1.09. The first-order valence-electron chi connectivity index (χ1n) is 5.51. The molecule has 0 heterocycles. The van der Waals surface area contributed by atoms with Crippen molar-refractivity contribution in [3.8, 4) is 0 Å². The van der Waals surface area contributed by atoms with E-state index in [1.165, 1.54) is 0 Å². The van der Waals surface area contributed by atoms with Crippen LogP contribution in [0.5, 0.6) is 0 Å². The van der Waals surface area contributed by atoms with Gasteiger partial charge in [-0.05, 0) is 18.9 Å². The Morgan fingerprint density at radius 1 is 1.38 bits per heavy atom. The monoisotopic (exact) mass is 218 g/mol. The predicted octanol–water partition coefficient (Wildman–Crippen LogP) is 2.97. The average Bonchev–Trinajstić information content (AvgIpc) is 2.30. The summed E-state index contributed by atoms with van der Waals surface area (Å²) in [7, 11) is 0. The summed E-state index contributed by atoms with van der Waals surface area (Å²) in [6, 6.07) is 9.70. The highest BCUT2D eigenvalue weighted by Gasteiger charge is 2.06. The first-order chi connectivity index (χ1) is 7.74. The Labute approximate surface area is 96.6 Å². The topological polar surface area (TPSA) is 41.1 Å². The minimum Gasteiger partial charge on any atom is -0.331 e. The normalized spacial score (nSPS) is 12.4. The van der Waals surface area contributed by atoms with Gasteiger partial charge in [0.05, 0.1) is 6.04 Å². The molecule has 2 amide bonds. The van der Waals surface area contributed by atoms with Crippen LogP contribution in [0.25, 0.3) is 0 Å². The Hall–Kier alpha value is -1.77. The lowest BCUT2D eigenvalue weighted by atomic mass is 10.1. The quantitative estimate of drug-likeness (QED) is 0.801. The van der Waals surface area contributed by atoms with Crippen molar-refractivity contribution < 1.29 is 4.79 Å². The van der Waals surface area contributed by atoms with Gasteiger partial charge in [-0.25, -0.2) is 4.79 Å². The maximum atomic E-state index is 11.4. The van der Waals surface area contributed by atoms with Gasteiger partial charge in [0.25, 0.3) is 0 Å². The third kappa shape index (κ3) is 4.17. The van der Waals surface area contributed by atoms with E-state index in [-0.39, 0.29) is 12.1 Å². The fourth-order valence-corrected chi connectivity index (χ4v) is 1.32. The maximum Gasteiger partial charge on any atom is 0.319 e. The molecule has 1 rings (SSSR count). The molecule has 1 atom stereocenters. The second-order valence-corrected chi connectivity index (χ2v) is 3.56. The Balaban J connectivity index is 2.43. The van der Waals surface area contributed by atoms with Crippen molar-refractivity contribution in [1.29, 1.82) is 0 Å². The van der Waals surface area contributed by atoms with E-state index in [0.29, 0.717) is 0 Å². The molecule has 1 aromatic carbocycles. The van der Waals surface area contributed by atoms with Crippen LogP contribution in [-0.4, -0.2) is 6.03 Å². The van der Waals surface area contributed by atoms with Crippen LogP contribution in [0.2, 0.25) is 0 Å². The summed E-state index contributed by atoms with van der Waals surface area (Å²) in [5.74, 6) is 0. The minimum atomic E-state index is -0.180. The largest absolute Gasteiger partial charge is 0.331 e. The van der Waals surface area contributed by atoms with Crippen LogP contribution >= 0.6 is 0 Å². The Morgan fingerprint density at radius 3 is 2.69 bits per heavy atom. The molecule has 0 radical (unpaired) electrons. The van der Waals surface area contributed by atoms with Crippen molar-refractivity contribution in [3.63, 3.8) is 0 Å². The number of carbonyl (C=O) groups is 1. The van der Waals surface area contributed by atoms with E-state index >= 15 is 0 Å². The summed E-state index contributed by atoms with van der Waals surface area (Å²) >= 11 is 0. The molecule has 0 saturated carbocycles. The van der Waals surface area contributed by atoms with Crippen LogP contribution < -0.4 is 10.6 Å². The molecule has 0 aliphatic heterocycles. The Kier molecular flexibility index (Phi) is 5.12. The molecular weight excluding hydrogens is 200 g/mol. The van der Waals surface area contributed by atoms with Gasteiger partial charge >= 0.3 is 6.03 Å². The first-order valence-corrected chi connectivity index (χ1v) is 5.51. The van der Waals surface area contributed by atoms with Gasteiger partial charge in [-0.15, -0.1) is 0 Å². The highest BCUT2D eigenvalue weighted by atomic mass is 16.2. The highest BCUT2D eigenvalue weighted by Crippen LogP contribution is 2.10. The van der Waals surface area contributed by atoms with Gasteiger partial charge in [-0.1, -0.05) is 43.3 Å². The molecule has 0 fully saturated rings. The van der Waals surface area contributed by atoms with Crippen LogP contribution in [0.1, 0.15) is 31.9 Å². The zero-order valence-electron chi connectivity index (χ0n) is 9.73. The second kappa shape index (κ2) is 6.67. The summed E-state index contributed by atoms with van der Waals surface area (Å²) in [4.78, 5) is 11.4. The van der Waals surface area contributed by atoms with E-state index in [1.807, 2.05) is 50.3 Å².